The molecule has 4 aromatic rings. The first-order valence-corrected chi connectivity index (χ1v) is 12.7. The molecule has 170 valence electrons. The summed E-state index contributed by atoms with van der Waals surface area (Å²) >= 11 is 2.92. The highest BCUT2D eigenvalue weighted by Gasteiger charge is 2.26. The first kappa shape index (κ1) is 22.0. The van der Waals surface area contributed by atoms with Gasteiger partial charge in [0.15, 0.2) is 5.16 Å². The van der Waals surface area contributed by atoms with Crippen molar-refractivity contribution in [1.82, 2.24) is 14.9 Å². The molecule has 0 aliphatic heterocycles. The van der Waals surface area contributed by atoms with E-state index in [0.717, 1.165) is 51.9 Å². The van der Waals surface area contributed by atoms with Crippen LogP contribution >= 0.6 is 23.1 Å². The molecule has 0 saturated heterocycles. The monoisotopic (exact) mass is 479 g/mol. The molecule has 1 atom stereocenters. The number of fused-ring (bicyclic) bond motifs is 3. The van der Waals surface area contributed by atoms with Gasteiger partial charge < -0.3 is 9.73 Å². The quantitative estimate of drug-likeness (QED) is 0.313. The Morgan fingerprint density at radius 1 is 1.27 bits per heavy atom. The Morgan fingerprint density at radius 2 is 2.12 bits per heavy atom. The van der Waals surface area contributed by atoms with Gasteiger partial charge >= 0.3 is 0 Å². The summed E-state index contributed by atoms with van der Waals surface area (Å²) in [4.78, 5) is 33.5. The van der Waals surface area contributed by atoms with E-state index in [1.54, 1.807) is 28.2 Å². The number of benzene rings is 1. The maximum atomic E-state index is 13.8. The Kier molecular flexibility index (Phi) is 5.88. The van der Waals surface area contributed by atoms with E-state index in [-0.39, 0.29) is 11.5 Å². The summed E-state index contributed by atoms with van der Waals surface area (Å²) < 4.78 is 6.98. The van der Waals surface area contributed by atoms with E-state index in [2.05, 4.69) is 12.2 Å². The average molecular weight is 480 g/mol. The van der Waals surface area contributed by atoms with Crippen molar-refractivity contribution < 1.29 is 9.21 Å². The number of hydrogen-bond acceptors (Lipinski definition) is 6. The topological polar surface area (TPSA) is 77.1 Å². The molecule has 1 aliphatic rings. The van der Waals surface area contributed by atoms with Crippen LogP contribution in [0.5, 0.6) is 0 Å². The predicted octanol–water partition coefficient (Wildman–Crippen LogP) is 4.94. The lowest BCUT2D eigenvalue weighted by atomic mass is 10.1. The lowest BCUT2D eigenvalue weighted by Crippen LogP contribution is -2.31. The van der Waals surface area contributed by atoms with Gasteiger partial charge in [-0.25, -0.2) is 4.98 Å². The van der Waals surface area contributed by atoms with E-state index >= 15 is 0 Å². The molecule has 1 N–H and O–H groups in total. The number of amides is 1. The maximum Gasteiger partial charge on any atom is 0.267 e. The van der Waals surface area contributed by atoms with Crippen molar-refractivity contribution in [2.24, 2.45) is 0 Å². The lowest BCUT2D eigenvalue weighted by molar-refractivity contribution is -0.120. The standard InChI is InChI=1S/C25H25N3O3S2/c1-14-9-10-17(12-15(14)2)28-24(30)21-19-7-4-8-20(19)33-23(21)27-25(28)32-16(3)22(29)26-13-18-6-5-11-31-18/h5-6,9-12,16H,4,7-8,13H2,1-3H3,(H,26,29)/t16-/m0/s1. The third kappa shape index (κ3) is 4.13. The van der Waals surface area contributed by atoms with E-state index in [0.29, 0.717) is 17.5 Å². The number of hydrogen-bond donors (Lipinski definition) is 1. The van der Waals surface area contributed by atoms with E-state index in [4.69, 9.17) is 9.40 Å². The highest BCUT2D eigenvalue weighted by molar-refractivity contribution is 8.00. The second kappa shape index (κ2) is 8.83. The van der Waals surface area contributed by atoms with Crippen LogP contribution in [-0.4, -0.2) is 20.7 Å². The van der Waals surface area contributed by atoms with Crippen LogP contribution in [0.4, 0.5) is 0 Å². The molecule has 0 fully saturated rings. The molecular formula is C25H25N3O3S2. The lowest BCUT2D eigenvalue weighted by Gasteiger charge is -2.16. The Labute approximate surface area is 200 Å². The highest BCUT2D eigenvalue weighted by atomic mass is 32.2. The van der Waals surface area contributed by atoms with Crippen molar-refractivity contribution in [1.29, 1.82) is 0 Å². The number of furan rings is 1. The first-order chi connectivity index (χ1) is 15.9. The van der Waals surface area contributed by atoms with Crippen LogP contribution in [-0.2, 0) is 24.2 Å². The minimum atomic E-state index is -0.436. The van der Waals surface area contributed by atoms with Crippen LogP contribution in [0.2, 0.25) is 0 Å². The number of aromatic nitrogens is 2. The molecule has 6 nitrogen and oxygen atoms in total. The average Bonchev–Trinajstić information content (AvgIpc) is 3.52. The normalized spacial score (nSPS) is 13.9. The summed E-state index contributed by atoms with van der Waals surface area (Å²) in [6.07, 6.45) is 4.60. The van der Waals surface area contributed by atoms with Gasteiger partial charge in [0.2, 0.25) is 5.91 Å². The van der Waals surface area contributed by atoms with Crippen molar-refractivity contribution in [2.45, 2.75) is 57.0 Å². The van der Waals surface area contributed by atoms with Crippen LogP contribution in [0.25, 0.3) is 15.9 Å². The van der Waals surface area contributed by atoms with E-state index in [1.807, 2.05) is 38.1 Å². The second-order valence-electron chi connectivity index (χ2n) is 8.40. The smallest absolute Gasteiger partial charge is 0.267 e. The summed E-state index contributed by atoms with van der Waals surface area (Å²) in [5.74, 6) is 0.561. The molecule has 33 heavy (non-hydrogen) atoms. The maximum absolute atomic E-state index is 13.8. The Bertz CT molecular complexity index is 1400. The van der Waals surface area contributed by atoms with Crippen molar-refractivity contribution in [2.75, 3.05) is 0 Å². The largest absolute Gasteiger partial charge is 0.467 e. The summed E-state index contributed by atoms with van der Waals surface area (Å²) in [5.41, 5.74) is 4.16. The van der Waals surface area contributed by atoms with Crippen molar-refractivity contribution >= 4 is 39.2 Å². The molecule has 1 aromatic carbocycles. The number of rotatable bonds is 6. The number of carbonyl (C=O) groups excluding carboxylic acids is 1. The van der Waals surface area contributed by atoms with Gasteiger partial charge in [-0.1, -0.05) is 17.8 Å². The number of nitrogens with one attached hydrogen (secondary N) is 1. The molecule has 0 spiro atoms. The van der Waals surface area contributed by atoms with Crippen molar-refractivity contribution in [3.63, 3.8) is 0 Å². The number of thioether (sulfide) groups is 1. The van der Waals surface area contributed by atoms with Crippen molar-refractivity contribution in [3.8, 4) is 5.69 Å². The fraction of sp³-hybridized carbons (Fsp3) is 0.320. The summed E-state index contributed by atoms with van der Waals surface area (Å²) in [7, 11) is 0. The van der Waals surface area contributed by atoms with Gasteiger partial charge in [0.25, 0.3) is 5.56 Å². The minimum absolute atomic E-state index is 0.0478. The Balaban J connectivity index is 1.54. The molecule has 0 unspecified atom stereocenters. The van der Waals surface area contributed by atoms with E-state index in [1.165, 1.54) is 16.6 Å². The molecule has 1 amide bonds. The van der Waals surface area contributed by atoms with Gasteiger partial charge in [-0.05, 0) is 81.0 Å². The van der Waals surface area contributed by atoms with Crippen molar-refractivity contribution in [3.05, 3.63) is 74.3 Å². The molecule has 8 heteroatoms. The first-order valence-electron chi connectivity index (χ1n) is 11.0. The molecule has 0 saturated carbocycles. The zero-order chi connectivity index (χ0) is 23.1. The highest BCUT2D eigenvalue weighted by Crippen LogP contribution is 2.36. The number of nitrogens with zero attached hydrogens (tertiary/aromatic N) is 2. The van der Waals surface area contributed by atoms with Gasteiger partial charge in [-0.3, -0.25) is 14.2 Å². The molecule has 1 aliphatic carbocycles. The van der Waals surface area contributed by atoms with E-state index in [9.17, 15) is 9.59 Å². The Morgan fingerprint density at radius 3 is 2.88 bits per heavy atom. The molecule has 0 radical (unpaired) electrons. The zero-order valence-electron chi connectivity index (χ0n) is 18.8. The van der Waals surface area contributed by atoms with Crippen LogP contribution < -0.4 is 10.9 Å². The van der Waals surface area contributed by atoms with Gasteiger partial charge in [0.05, 0.1) is 29.1 Å². The van der Waals surface area contributed by atoms with Crippen LogP contribution in [0.15, 0.2) is 51.0 Å². The van der Waals surface area contributed by atoms with Crippen LogP contribution in [0, 0.1) is 13.8 Å². The number of carbonyl (C=O) groups is 1. The SMILES string of the molecule is Cc1ccc(-n2c(S[C@@H](C)C(=O)NCc3ccco3)nc3sc4c(c3c2=O)CCC4)cc1C. The fourth-order valence-corrected chi connectivity index (χ4v) is 6.39. The molecular weight excluding hydrogens is 454 g/mol. The third-order valence-electron chi connectivity index (χ3n) is 6.13. The van der Waals surface area contributed by atoms with Gasteiger partial charge in [0, 0.05) is 4.88 Å². The van der Waals surface area contributed by atoms with E-state index < -0.39 is 5.25 Å². The second-order valence-corrected chi connectivity index (χ2v) is 10.8. The molecule has 3 aromatic heterocycles. The van der Waals surface area contributed by atoms with Gasteiger partial charge in [0.1, 0.15) is 10.6 Å². The van der Waals surface area contributed by atoms with Crippen LogP contribution in [0.3, 0.4) is 0 Å². The molecule has 5 rings (SSSR count). The minimum Gasteiger partial charge on any atom is -0.467 e. The summed E-state index contributed by atoms with van der Waals surface area (Å²) in [6.45, 7) is 6.24. The number of aryl methyl sites for hydroxylation is 4. The molecule has 0 bridgehead atoms. The predicted molar refractivity (Wildman–Crippen MR) is 133 cm³/mol. The molecule has 3 heterocycles. The van der Waals surface area contributed by atoms with Gasteiger partial charge in [-0.2, -0.15) is 0 Å². The van der Waals surface area contributed by atoms with Gasteiger partial charge in [-0.15, -0.1) is 11.3 Å². The zero-order valence-corrected chi connectivity index (χ0v) is 20.4. The third-order valence-corrected chi connectivity index (χ3v) is 8.36. The fourth-order valence-electron chi connectivity index (χ4n) is 4.14. The summed E-state index contributed by atoms with van der Waals surface area (Å²) in [6, 6.07) is 9.60. The summed E-state index contributed by atoms with van der Waals surface area (Å²) in [5, 5.41) is 3.74. The number of thiophene rings is 1. The Hall–Kier alpha value is -2.84. The van der Waals surface area contributed by atoms with Crippen LogP contribution in [0.1, 0.15) is 40.7 Å².